The van der Waals surface area contributed by atoms with Crippen molar-refractivity contribution in [2.24, 2.45) is 0 Å². The lowest BCUT2D eigenvalue weighted by atomic mass is 10.1. The van der Waals surface area contributed by atoms with Gasteiger partial charge in [0.25, 0.3) is 0 Å². The van der Waals surface area contributed by atoms with Gasteiger partial charge in [-0.05, 0) is 30.2 Å². The highest BCUT2D eigenvalue weighted by Gasteiger charge is 2.32. The molecule has 0 radical (unpaired) electrons. The van der Waals surface area contributed by atoms with Gasteiger partial charge in [-0.3, -0.25) is 13.9 Å². The molecule has 1 aliphatic rings. The van der Waals surface area contributed by atoms with Gasteiger partial charge in [0, 0.05) is 24.7 Å². The minimum Gasteiger partial charge on any atom is -0.486 e. The molecule has 1 heterocycles. The number of hydrogen-bond acceptors (Lipinski definition) is 6. The third kappa shape index (κ3) is 5.92. The number of anilines is 1. The number of halogens is 1. The van der Waals surface area contributed by atoms with E-state index in [9.17, 15) is 18.0 Å². The van der Waals surface area contributed by atoms with Crippen LogP contribution < -0.4 is 19.1 Å². The molecule has 0 spiro atoms. The summed E-state index contributed by atoms with van der Waals surface area (Å²) in [5.74, 6) is -0.000761. The van der Waals surface area contributed by atoms with Gasteiger partial charge in [-0.15, -0.1) is 0 Å². The van der Waals surface area contributed by atoms with Crippen LogP contribution in [0.5, 0.6) is 11.5 Å². The summed E-state index contributed by atoms with van der Waals surface area (Å²) in [6, 6.07) is 10.9. The third-order valence-electron chi connectivity index (χ3n) is 5.42. The lowest BCUT2D eigenvalue weighted by Crippen LogP contribution is -2.51. The standard InChI is InChI=1S/C23H28ClN3O6S/c1-4-19(23(29)25-2)26(14-16-7-5-6-8-18(16)24)22(28)15-27(34(3,30)31)17-9-10-20-21(13-17)33-12-11-32-20/h5-10,13,19H,4,11-12,14-15H2,1-3H3,(H,25,29)/t19-/m1/s1. The fourth-order valence-corrected chi connectivity index (χ4v) is 4.73. The molecule has 1 aliphatic heterocycles. The van der Waals surface area contributed by atoms with E-state index in [2.05, 4.69) is 5.32 Å². The first-order valence-corrected chi connectivity index (χ1v) is 13.0. The van der Waals surface area contributed by atoms with Crippen LogP contribution >= 0.6 is 11.6 Å². The van der Waals surface area contributed by atoms with Crippen LogP contribution in [0.2, 0.25) is 5.02 Å². The molecule has 184 valence electrons. The zero-order valence-electron chi connectivity index (χ0n) is 19.3. The number of carbonyl (C=O) groups excluding carboxylic acids is 2. The van der Waals surface area contributed by atoms with E-state index in [4.69, 9.17) is 21.1 Å². The van der Waals surface area contributed by atoms with Gasteiger partial charge < -0.3 is 19.7 Å². The zero-order valence-corrected chi connectivity index (χ0v) is 20.9. The summed E-state index contributed by atoms with van der Waals surface area (Å²) in [5, 5.41) is 3.02. The van der Waals surface area contributed by atoms with Crippen LogP contribution in [-0.2, 0) is 26.2 Å². The smallest absolute Gasteiger partial charge is 0.244 e. The van der Waals surface area contributed by atoms with E-state index >= 15 is 0 Å². The zero-order chi connectivity index (χ0) is 24.9. The molecule has 2 aromatic rings. The Balaban J connectivity index is 1.96. The predicted octanol–water partition coefficient (Wildman–Crippen LogP) is 2.43. The summed E-state index contributed by atoms with van der Waals surface area (Å²) >= 11 is 6.31. The van der Waals surface area contributed by atoms with E-state index in [-0.39, 0.29) is 18.1 Å². The molecule has 34 heavy (non-hydrogen) atoms. The Hall–Kier alpha value is -2.98. The van der Waals surface area contributed by atoms with Crippen molar-refractivity contribution in [3.8, 4) is 11.5 Å². The Labute approximate surface area is 204 Å². The SMILES string of the molecule is CC[C@H](C(=O)NC)N(Cc1ccccc1Cl)C(=O)CN(c1ccc2c(c1)OCCO2)S(C)(=O)=O. The third-order valence-corrected chi connectivity index (χ3v) is 6.93. The molecular weight excluding hydrogens is 482 g/mol. The van der Waals surface area contributed by atoms with Gasteiger partial charge in [0.2, 0.25) is 21.8 Å². The van der Waals surface area contributed by atoms with E-state index in [1.54, 1.807) is 43.3 Å². The van der Waals surface area contributed by atoms with Crippen molar-refractivity contribution in [3.63, 3.8) is 0 Å². The van der Waals surface area contributed by atoms with Crippen molar-refractivity contribution < 1.29 is 27.5 Å². The Morgan fingerprint density at radius 3 is 2.41 bits per heavy atom. The number of carbonyl (C=O) groups is 2. The van der Waals surface area contributed by atoms with Crippen molar-refractivity contribution >= 4 is 39.1 Å². The van der Waals surface area contributed by atoms with E-state index < -0.39 is 28.5 Å². The molecule has 0 bridgehead atoms. The van der Waals surface area contributed by atoms with Gasteiger partial charge in [-0.25, -0.2) is 8.42 Å². The van der Waals surface area contributed by atoms with Crippen LogP contribution in [0.3, 0.4) is 0 Å². The summed E-state index contributed by atoms with van der Waals surface area (Å²) in [6.45, 7) is 2.06. The van der Waals surface area contributed by atoms with E-state index in [1.807, 2.05) is 0 Å². The average Bonchev–Trinajstić information content (AvgIpc) is 2.82. The van der Waals surface area contributed by atoms with Crippen LogP contribution in [0.25, 0.3) is 0 Å². The molecule has 2 amide bonds. The molecule has 3 rings (SSSR count). The maximum atomic E-state index is 13.5. The number of fused-ring (bicyclic) bond motifs is 1. The van der Waals surface area contributed by atoms with Crippen LogP contribution in [0.1, 0.15) is 18.9 Å². The number of sulfonamides is 1. The van der Waals surface area contributed by atoms with Crippen molar-refractivity contribution in [2.75, 3.05) is 37.4 Å². The summed E-state index contributed by atoms with van der Waals surface area (Å²) in [4.78, 5) is 27.5. The number of amides is 2. The summed E-state index contributed by atoms with van der Waals surface area (Å²) < 4.78 is 37.4. The highest BCUT2D eigenvalue weighted by atomic mass is 35.5. The van der Waals surface area contributed by atoms with Gasteiger partial charge in [0.15, 0.2) is 11.5 Å². The normalized spacial score (nSPS) is 13.6. The molecule has 0 fully saturated rings. The molecule has 0 aromatic heterocycles. The summed E-state index contributed by atoms with van der Waals surface area (Å²) in [6.07, 6.45) is 1.35. The summed E-state index contributed by atoms with van der Waals surface area (Å²) in [7, 11) is -2.36. The predicted molar refractivity (Wildman–Crippen MR) is 130 cm³/mol. The molecule has 0 saturated heterocycles. The molecule has 0 aliphatic carbocycles. The minimum absolute atomic E-state index is 0.0448. The molecular formula is C23H28ClN3O6S. The van der Waals surface area contributed by atoms with Gasteiger partial charge in [-0.1, -0.05) is 36.7 Å². The second-order valence-electron chi connectivity index (χ2n) is 7.75. The van der Waals surface area contributed by atoms with Gasteiger partial charge >= 0.3 is 0 Å². The molecule has 1 N–H and O–H groups in total. The van der Waals surface area contributed by atoms with Crippen molar-refractivity contribution in [3.05, 3.63) is 53.1 Å². The number of nitrogens with zero attached hydrogens (tertiary/aromatic N) is 2. The van der Waals surface area contributed by atoms with Crippen molar-refractivity contribution in [1.29, 1.82) is 0 Å². The maximum Gasteiger partial charge on any atom is 0.244 e. The lowest BCUT2D eigenvalue weighted by Gasteiger charge is -2.33. The molecule has 9 nitrogen and oxygen atoms in total. The van der Waals surface area contributed by atoms with Gasteiger partial charge in [0.1, 0.15) is 25.8 Å². The number of rotatable bonds is 9. The number of ether oxygens (including phenoxy) is 2. The Morgan fingerprint density at radius 2 is 1.79 bits per heavy atom. The number of hydrogen-bond donors (Lipinski definition) is 1. The average molecular weight is 510 g/mol. The van der Waals surface area contributed by atoms with E-state index in [0.29, 0.717) is 41.7 Å². The Morgan fingerprint density at radius 1 is 1.12 bits per heavy atom. The Kier molecular flexibility index (Phi) is 8.27. The quantitative estimate of drug-likeness (QED) is 0.556. The second-order valence-corrected chi connectivity index (χ2v) is 10.1. The minimum atomic E-state index is -3.85. The number of benzene rings is 2. The number of likely N-dealkylation sites (N-methyl/N-ethyl adjacent to an activating group) is 1. The van der Waals surface area contributed by atoms with E-state index in [1.165, 1.54) is 18.0 Å². The van der Waals surface area contributed by atoms with Crippen LogP contribution in [-0.4, -0.2) is 64.2 Å². The van der Waals surface area contributed by atoms with Crippen molar-refractivity contribution in [2.45, 2.75) is 25.9 Å². The molecule has 0 saturated carbocycles. The molecule has 11 heteroatoms. The van der Waals surface area contributed by atoms with Crippen LogP contribution in [0.4, 0.5) is 5.69 Å². The van der Waals surface area contributed by atoms with E-state index in [0.717, 1.165) is 10.6 Å². The second kappa shape index (κ2) is 11.0. The lowest BCUT2D eigenvalue weighted by molar-refractivity contribution is -0.140. The van der Waals surface area contributed by atoms with Gasteiger partial charge in [0.05, 0.1) is 11.9 Å². The maximum absolute atomic E-state index is 13.5. The first-order chi connectivity index (χ1) is 16.2. The molecule has 0 unspecified atom stereocenters. The molecule has 1 atom stereocenters. The highest BCUT2D eigenvalue weighted by Crippen LogP contribution is 2.34. The monoisotopic (exact) mass is 509 g/mol. The van der Waals surface area contributed by atoms with Crippen LogP contribution in [0.15, 0.2) is 42.5 Å². The van der Waals surface area contributed by atoms with Gasteiger partial charge in [-0.2, -0.15) is 0 Å². The number of nitrogens with one attached hydrogen (secondary N) is 1. The highest BCUT2D eigenvalue weighted by molar-refractivity contribution is 7.92. The van der Waals surface area contributed by atoms with Crippen molar-refractivity contribution in [1.82, 2.24) is 10.2 Å². The first kappa shape index (κ1) is 25.6. The Bertz CT molecular complexity index is 1160. The first-order valence-electron chi connectivity index (χ1n) is 10.8. The fourth-order valence-electron chi connectivity index (χ4n) is 3.70. The topological polar surface area (TPSA) is 105 Å². The van der Waals surface area contributed by atoms with Crippen LogP contribution in [0, 0.1) is 0 Å². The largest absolute Gasteiger partial charge is 0.486 e. The summed E-state index contributed by atoms with van der Waals surface area (Å²) in [5.41, 5.74) is 0.899. The fraction of sp³-hybridized carbons (Fsp3) is 0.391. The molecule has 2 aromatic carbocycles.